The fourth-order valence-corrected chi connectivity index (χ4v) is 2.63. The van der Waals surface area contributed by atoms with Gasteiger partial charge in [0.15, 0.2) is 0 Å². The van der Waals surface area contributed by atoms with Crippen molar-refractivity contribution < 1.29 is 9.90 Å². The van der Waals surface area contributed by atoms with Crippen molar-refractivity contribution in [2.24, 2.45) is 5.92 Å². The summed E-state index contributed by atoms with van der Waals surface area (Å²) >= 11 is 5.84. The molecule has 1 aliphatic carbocycles. The van der Waals surface area contributed by atoms with Crippen LogP contribution in [0.2, 0.25) is 5.02 Å². The summed E-state index contributed by atoms with van der Waals surface area (Å²) in [5, 5.41) is 25.0. The zero-order chi connectivity index (χ0) is 16.4. The molecule has 0 saturated heterocycles. The molecule has 1 heterocycles. The summed E-state index contributed by atoms with van der Waals surface area (Å²) in [6.45, 7) is 1.74. The van der Waals surface area contributed by atoms with E-state index in [1.165, 1.54) is 4.80 Å². The predicted octanol–water partition coefficient (Wildman–Crippen LogP) is 1.27. The van der Waals surface area contributed by atoms with Crippen LogP contribution in [0.3, 0.4) is 0 Å². The Morgan fingerprint density at radius 3 is 2.74 bits per heavy atom. The van der Waals surface area contributed by atoms with Crippen LogP contribution < -0.4 is 5.32 Å². The number of benzene rings is 1. The van der Waals surface area contributed by atoms with Crippen molar-refractivity contribution >= 4 is 17.5 Å². The number of nitrogens with zero attached hydrogens (tertiary/aromatic N) is 4. The fourth-order valence-electron chi connectivity index (χ4n) is 2.50. The lowest BCUT2D eigenvalue weighted by molar-refractivity contribution is -0.124. The first-order valence-corrected chi connectivity index (χ1v) is 7.83. The summed E-state index contributed by atoms with van der Waals surface area (Å²) in [7, 11) is 0. The number of halogens is 1. The van der Waals surface area contributed by atoms with Crippen LogP contribution in [0.1, 0.15) is 19.8 Å². The number of hydrogen-bond acceptors (Lipinski definition) is 5. The molecule has 1 saturated carbocycles. The van der Waals surface area contributed by atoms with E-state index in [1.807, 2.05) is 6.92 Å². The van der Waals surface area contributed by atoms with Crippen LogP contribution in [0.4, 0.5) is 0 Å². The van der Waals surface area contributed by atoms with Crippen molar-refractivity contribution in [2.45, 2.75) is 31.8 Å². The minimum Gasteiger partial charge on any atom is -0.394 e. The lowest BCUT2D eigenvalue weighted by Crippen LogP contribution is -2.51. The third kappa shape index (κ3) is 3.68. The molecule has 1 amide bonds. The van der Waals surface area contributed by atoms with Crippen molar-refractivity contribution in [2.75, 3.05) is 6.61 Å². The van der Waals surface area contributed by atoms with Crippen LogP contribution in [0.15, 0.2) is 24.3 Å². The third-order valence-corrected chi connectivity index (χ3v) is 4.32. The Morgan fingerprint density at radius 1 is 1.43 bits per heavy atom. The monoisotopic (exact) mass is 335 g/mol. The first-order valence-electron chi connectivity index (χ1n) is 7.46. The van der Waals surface area contributed by atoms with E-state index in [4.69, 9.17) is 11.6 Å². The first kappa shape index (κ1) is 15.9. The summed E-state index contributed by atoms with van der Waals surface area (Å²) < 4.78 is 0. The summed E-state index contributed by atoms with van der Waals surface area (Å²) in [4.78, 5) is 13.4. The van der Waals surface area contributed by atoms with E-state index in [9.17, 15) is 9.90 Å². The van der Waals surface area contributed by atoms with Gasteiger partial charge >= 0.3 is 0 Å². The third-order valence-electron chi connectivity index (χ3n) is 4.07. The van der Waals surface area contributed by atoms with Crippen LogP contribution in [-0.2, 0) is 11.3 Å². The minimum absolute atomic E-state index is 0.0388. The van der Waals surface area contributed by atoms with Gasteiger partial charge in [0.05, 0.1) is 12.1 Å². The van der Waals surface area contributed by atoms with E-state index < -0.39 is 5.54 Å². The number of aromatic nitrogens is 4. The molecule has 0 spiro atoms. The Balaban J connectivity index is 1.64. The van der Waals surface area contributed by atoms with E-state index in [-0.39, 0.29) is 19.1 Å². The molecule has 122 valence electrons. The lowest BCUT2D eigenvalue weighted by Gasteiger charge is -2.28. The van der Waals surface area contributed by atoms with Gasteiger partial charge in [-0.05, 0) is 55.2 Å². The molecular formula is C15H18ClN5O2. The second kappa shape index (κ2) is 6.25. The molecule has 1 aliphatic rings. The number of hydrogen-bond donors (Lipinski definition) is 2. The number of carbonyl (C=O) groups excluding carboxylic acids is 1. The Bertz CT molecular complexity index is 698. The Kier molecular flexibility index (Phi) is 4.32. The Morgan fingerprint density at radius 2 is 2.13 bits per heavy atom. The lowest BCUT2D eigenvalue weighted by atomic mass is 9.97. The molecule has 1 fully saturated rings. The molecule has 0 aliphatic heterocycles. The fraction of sp³-hybridized carbons (Fsp3) is 0.467. The summed E-state index contributed by atoms with van der Waals surface area (Å²) in [5.41, 5.74) is 0.204. The molecule has 7 nitrogen and oxygen atoms in total. The van der Waals surface area contributed by atoms with Gasteiger partial charge in [-0.1, -0.05) is 11.6 Å². The molecule has 0 radical (unpaired) electrons. The molecule has 2 N–H and O–H groups in total. The number of amides is 1. The highest BCUT2D eigenvalue weighted by Crippen LogP contribution is 2.39. The van der Waals surface area contributed by atoms with Gasteiger partial charge in [-0.25, -0.2) is 0 Å². The molecule has 3 rings (SSSR count). The standard InChI is InChI=1S/C15H18ClN5O2/c1-15(9-22,11-4-5-11)17-13(23)8-21-19-14(18-20-21)10-2-6-12(16)7-3-10/h2-3,6-7,11,22H,4-5,8-9H2,1H3,(H,17,23). The van der Waals surface area contributed by atoms with Crippen molar-refractivity contribution in [1.82, 2.24) is 25.5 Å². The van der Waals surface area contributed by atoms with Gasteiger partial charge in [-0.2, -0.15) is 4.80 Å². The second-order valence-corrected chi connectivity index (χ2v) is 6.48. The topological polar surface area (TPSA) is 92.9 Å². The van der Waals surface area contributed by atoms with Crippen molar-refractivity contribution in [3.05, 3.63) is 29.3 Å². The highest BCUT2D eigenvalue weighted by molar-refractivity contribution is 6.30. The molecule has 1 aromatic carbocycles. The van der Waals surface area contributed by atoms with E-state index in [0.717, 1.165) is 18.4 Å². The van der Waals surface area contributed by atoms with E-state index in [2.05, 4.69) is 20.7 Å². The van der Waals surface area contributed by atoms with Crippen LogP contribution >= 0.6 is 11.6 Å². The van der Waals surface area contributed by atoms with Crippen LogP contribution in [0.5, 0.6) is 0 Å². The molecule has 1 atom stereocenters. The molecule has 1 aromatic heterocycles. The van der Waals surface area contributed by atoms with Gasteiger partial charge in [0.25, 0.3) is 0 Å². The highest BCUT2D eigenvalue weighted by Gasteiger charge is 2.42. The largest absolute Gasteiger partial charge is 0.394 e. The van der Waals surface area contributed by atoms with Crippen molar-refractivity contribution in [3.8, 4) is 11.4 Å². The van der Waals surface area contributed by atoms with E-state index >= 15 is 0 Å². The van der Waals surface area contributed by atoms with Gasteiger partial charge in [0, 0.05) is 10.6 Å². The van der Waals surface area contributed by atoms with Gasteiger partial charge in [0.1, 0.15) is 6.54 Å². The molecule has 2 aromatic rings. The Labute approximate surface area is 138 Å². The van der Waals surface area contributed by atoms with E-state index in [1.54, 1.807) is 24.3 Å². The molecule has 8 heteroatoms. The maximum Gasteiger partial charge on any atom is 0.244 e. The number of aliphatic hydroxyl groups is 1. The predicted molar refractivity (Wildman–Crippen MR) is 84.6 cm³/mol. The number of aliphatic hydroxyl groups excluding tert-OH is 1. The quantitative estimate of drug-likeness (QED) is 0.829. The van der Waals surface area contributed by atoms with Gasteiger partial charge in [-0.15, -0.1) is 10.2 Å². The van der Waals surface area contributed by atoms with Crippen molar-refractivity contribution in [3.63, 3.8) is 0 Å². The number of carbonyl (C=O) groups is 1. The zero-order valence-electron chi connectivity index (χ0n) is 12.7. The van der Waals surface area contributed by atoms with Gasteiger partial charge in [-0.3, -0.25) is 4.79 Å². The van der Waals surface area contributed by atoms with Crippen LogP contribution in [0.25, 0.3) is 11.4 Å². The highest BCUT2D eigenvalue weighted by atomic mass is 35.5. The summed E-state index contributed by atoms with van der Waals surface area (Å²) in [6, 6.07) is 7.07. The summed E-state index contributed by atoms with van der Waals surface area (Å²) in [5.74, 6) is 0.528. The molecule has 1 unspecified atom stereocenters. The van der Waals surface area contributed by atoms with Crippen LogP contribution in [-0.4, -0.2) is 43.4 Å². The van der Waals surface area contributed by atoms with Gasteiger partial charge < -0.3 is 10.4 Å². The maximum absolute atomic E-state index is 12.1. The molecular weight excluding hydrogens is 318 g/mol. The minimum atomic E-state index is -0.573. The average molecular weight is 336 g/mol. The second-order valence-electron chi connectivity index (χ2n) is 6.05. The zero-order valence-corrected chi connectivity index (χ0v) is 13.5. The molecule has 0 bridgehead atoms. The normalized spacial score (nSPS) is 16.8. The van der Waals surface area contributed by atoms with Gasteiger partial charge in [0.2, 0.25) is 11.7 Å². The van der Waals surface area contributed by atoms with Crippen molar-refractivity contribution in [1.29, 1.82) is 0 Å². The Hall–Kier alpha value is -1.99. The SMILES string of the molecule is CC(CO)(NC(=O)Cn1nnc(-c2ccc(Cl)cc2)n1)C1CC1. The average Bonchev–Trinajstić information content (AvgIpc) is 3.29. The van der Waals surface area contributed by atoms with Crippen LogP contribution in [0, 0.1) is 5.92 Å². The number of nitrogens with one attached hydrogen (secondary N) is 1. The maximum atomic E-state index is 12.1. The molecule has 23 heavy (non-hydrogen) atoms. The van der Waals surface area contributed by atoms with E-state index in [0.29, 0.717) is 16.8 Å². The number of rotatable bonds is 6. The summed E-state index contributed by atoms with van der Waals surface area (Å²) in [6.07, 6.45) is 2.05. The number of tetrazole rings is 1. The first-order chi connectivity index (χ1) is 11.0. The smallest absolute Gasteiger partial charge is 0.244 e.